The van der Waals surface area contributed by atoms with E-state index in [0.717, 1.165) is 57.5 Å². The summed E-state index contributed by atoms with van der Waals surface area (Å²) in [7, 11) is 1.61. The van der Waals surface area contributed by atoms with Crippen molar-refractivity contribution >= 4 is 23.5 Å². The standard InChI is InChI=1S/C36H49FN6O4/c1-25(2)42-18-16-41(17-19-42)20-21-46-32-13-12-29(23-31(32)37)39-35-38-15-14-33(40-35)43(24-28-10-7-11-30(22-28)45-5)36(44)47-34-26(3)8-6-9-27(34)4/h7,10-15,22-23,25-27,34H,6,8-9,16-21,24H2,1-5H3,(H,38,39,40). The molecular weight excluding hydrogens is 599 g/mol. The summed E-state index contributed by atoms with van der Waals surface area (Å²) in [6.45, 7) is 14.1. The first kappa shape index (κ1) is 34.4. The van der Waals surface area contributed by atoms with E-state index >= 15 is 4.39 Å². The Balaban J connectivity index is 1.25. The smallest absolute Gasteiger partial charge is 0.416 e. The van der Waals surface area contributed by atoms with Crippen LogP contribution < -0.4 is 19.7 Å². The van der Waals surface area contributed by atoms with Crippen LogP contribution in [0.1, 0.15) is 52.5 Å². The van der Waals surface area contributed by atoms with Crippen molar-refractivity contribution in [3.05, 3.63) is 66.1 Å². The van der Waals surface area contributed by atoms with Crippen LogP contribution in [0.3, 0.4) is 0 Å². The van der Waals surface area contributed by atoms with Gasteiger partial charge in [-0.3, -0.25) is 14.7 Å². The molecule has 10 nitrogen and oxygen atoms in total. The minimum absolute atomic E-state index is 0.178. The molecule has 11 heteroatoms. The molecule has 2 unspecified atom stereocenters. The summed E-state index contributed by atoms with van der Waals surface area (Å²) in [6.07, 6.45) is 4.09. The first-order chi connectivity index (χ1) is 22.7. The molecule has 254 valence electrons. The number of amides is 1. The molecule has 1 saturated heterocycles. The molecule has 1 aromatic heterocycles. The summed E-state index contributed by atoms with van der Waals surface area (Å²) in [6, 6.07) is 14.5. The number of nitrogens with one attached hydrogen (secondary N) is 1. The van der Waals surface area contributed by atoms with E-state index in [1.807, 2.05) is 24.3 Å². The summed E-state index contributed by atoms with van der Waals surface area (Å²) in [5.41, 5.74) is 1.32. The van der Waals surface area contributed by atoms with Crippen LogP contribution in [0.2, 0.25) is 0 Å². The van der Waals surface area contributed by atoms with Gasteiger partial charge in [0, 0.05) is 56.7 Å². The van der Waals surface area contributed by atoms with Crippen molar-refractivity contribution in [2.75, 3.05) is 56.7 Å². The molecule has 1 N–H and O–H groups in total. The summed E-state index contributed by atoms with van der Waals surface area (Å²) in [5.74, 6) is 1.53. The maximum Gasteiger partial charge on any atom is 0.416 e. The number of rotatable bonds is 12. The van der Waals surface area contributed by atoms with Gasteiger partial charge in [-0.15, -0.1) is 0 Å². The number of ether oxygens (including phenoxy) is 3. The highest BCUT2D eigenvalue weighted by Crippen LogP contribution is 2.32. The number of benzene rings is 2. The van der Waals surface area contributed by atoms with Gasteiger partial charge in [0.25, 0.3) is 0 Å². The van der Waals surface area contributed by atoms with Gasteiger partial charge in [-0.05, 0) is 74.4 Å². The number of halogens is 1. The Bertz CT molecular complexity index is 1460. The van der Waals surface area contributed by atoms with Crippen LogP contribution in [0.5, 0.6) is 11.5 Å². The van der Waals surface area contributed by atoms with Gasteiger partial charge in [0.2, 0.25) is 5.95 Å². The summed E-state index contributed by atoms with van der Waals surface area (Å²) in [4.78, 5) is 29.1. The zero-order valence-electron chi connectivity index (χ0n) is 28.3. The minimum Gasteiger partial charge on any atom is -0.497 e. The van der Waals surface area contributed by atoms with Crippen molar-refractivity contribution in [1.82, 2.24) is 19.8 Å². The quantitative estimate of drug-likeness (QED) is 0.229. The molecule has 1 aliphatic carbocycles. The Morgan fingerprint density at radius 3 is 2.53 bits per heavy atom. The van der Waals surface area contributed by atoms with Crippen molar-refractivity contribution in [2.24, 2.45) is 11.8 Å². The summed E-state index contributed by atoms with van der Waals surface area (Å²) < 4.78 is 32.4. The molecule has 47 heavy (non-hydrogen) atoms. The number of piperazine rings is 1. The molecule has 2 heterocycles. The monoisotopic (exact) mass is 648 g/mol. The van der Waals surface area contributed by atoms with Crippen LogP contribution in [0.15, 0.2) is 54.7 Å². The molecule has 1 saturated carbocycles. The van der Waals surface area contributed by atoms with E-state index in [1.165, 1.54) is 11.0 Å². The van der Waals surface area contributed by atoms with Gasteiger partial charge in [-0.1, -0.05) is 32.4 Å². The lowest BCUT2D eigenvalue weighted by molar-refractivity contribution is 0.0131. The third-order valence-corrected chi connectivity index (χ3v) is 9.28. The maximum absolute atomic E-state index is 15.1. The van der Waals surface area contributed by atoms with Crippen LogP contribution in [0, 0.1) is 17.7 Å². The second-order valence-corrected chi connectivity index (χ2v) is 13.0. The molecule has 2 atom stereocenters. The fraction of sp³-hybridized carbons (Fsp3) is 0.528. The van der Waals surface area contributed by atoms with E-state index in [4.69, 9.17) is 14.2 Å². The van der Waals surface area contributed by atoms with E-state index in [1.54, 1.807) is 31.5 Å². The lowest BCUT2D eigenvalue weighted by atomic mass is 9.81. The molecule has 0 radical (unpaired) electrons. The highest BCUT2D eigenvalue weighted by atomic mass is 19.1. The second-order valence-electron chi connectivity index (χ2n) is 13.0. The Kier molecular flexibility index (Phi) is 11.9. The van der Waals surface area contributed by atoms with Crippen molar-refractivity contribution in [1.29, 1.82) is 0 Å². The number of nitrogens with zero attached hydrogens (tertiary/aromatic N) is 5. The van der Waals surface area contributed by atoms with Crippen molar-refractivity contribution in [2.45, 2.75) is 65.6 Å². The summed E-state index contributed by atoms with van der Waals surface area (Å²) >= 11 is 0. The van der Waals surface area contributed by atoms with Gasteiger partial charge in [-0.2, -0.15) is 4.98 Å². The Morgan fingerprint density at radius 2 is 1.83 bits per heavy atom. The molecule has 2 fully saturated rings. The lowest BCUT2D eigenvalue weighted by Gasteiger charge is -2.36. The third-order valence-electron chi connectivity index (χ3n) is 9.28. The Hall–Kier alpha value is -3.96. The van der Waals surface area contributed by atoms with Crippen molar-refractivity contribution in [3.63, 3.8) is 0 Å². The van der Waals surface area contributed by atoms with Crippen LogP contribution in [0.25, 0.3) is 0 Å². The van der Waals surface area contributed by atoms with E-state index in [-0.39, 0.29) is 36.2 Å². The average molecular weight is 649 g/mol. The molecule has 1 aliphatic heterocycles. The van der Waals surface area contributed by atoms with E-state index in [2.05, 4.69) is 52.8 Å². The number of hydrogen-bond donors (Lipinski definition) is 1. The predicted octanol–water partition coefficient (Wildman–Crippen LogP) is 6.74. The number of anilines is 3. The Morgan fingerprint density at radius 1 is 1.06 bits per heavy atom. The van der Waals surface area contributed by atoms with Gasteiger partial charge in [0.15, 0.2) is 11.6 Å². The molecule has 2 aliphatic rings. The molecule has 3 aromatic rings. The molecule has 0 spiro atoms. The van der Waals surface area contributed by atoms with Crippen LogP contribution in [-0.2, 0) is 11.3 Å². The van der Waals surface area contributed by atoms with Crippen molar-refractivity contribution < 1.29 is 23.4 Å². The largest absolute Gasteiger partial charge is 0.497 e. The lowest BCUT2D eigenvalue weighted by Crippen LogP contribution is -2.49. The van der Waals surface area contributed by atoms with Gasteiger partial charge < -0.3 is 19.5 Å². The second kappa shape index (κ2) is 16.2. The zero-order valence-corrected chi connectivity index (χ0v) is 28.3. The number of aromatic nitrogens is 2. The average Bonchev–Trinajstić information content (AvgIpc) is 3.06. The first-order valence-corrected chi connectivity index (χ1v) is 16.8. The van der Waals surface area contributed by atoms with Crippen molar-refractivity contribution in [3.8, 4) is 11.5 Å². The Labute approximate surface area is 278 Å². The van der Waals surface area contributed by atoms with Crippen LogP contribution in [0.4, 0.5) is 26.6 Å². The fourth-order valence-electron chi connectivity index (χ4n) is 6.43. The van der Waals surface area contributed by atoms with E-state index in [9.17, 15) is 4.79 Å². The van der Waals surface area contributed by atoms with E-state index < -0.39 is 11.9 Å². The van der Waals surface area contributed by atoms with Crippen LogP contribution >= 0.6 is 0 Å². The van der Waals surface area contributed by atoms with Gasteiger partial charge in [0.05, 0.1) is 13.7 Å². The zero-order chi connectivity index (χ0) is 33.3. The topological polar surface area (TPSA) is 92.3 Å². The van der Waals surface area contributed by atoms with Gasteiger partial charge >= 0.3 is 6.09 Å². The summed E-state index contributed by atoms with van der Waals surface area (Å²) in [5, 5.41) is 3.08. The fourth-order valence-corrected chi connectivity index (χ4v) is 6.43. The number of carbonyl (C=O) groups is 1. The predicted molar refractivity (Wildman–Crippen MR) is 182 cm³/mol. The first-order valence-electron chi connectivity index (χ1n) is 16.8. The van der Waals surface area contributed by atoms with Gasteiger partial charge in [-0.25, -0.2) is 14.2 Å². The molecule has 0 bridgehead atoms. The van der Waals surface area contributed by atoms with Gasteiger partial charge in [0.1, 0.15) is 24.3 Å². The number of methoxy groups -OCH3 is 1. The number of hydrogen-bond acceptors (Lipinski definition) is 9. The highest BCUT2D eigenvalue weighted by molar-refractivity contribution is 5.86. The molecule has 5 rings (SSSR count). The molecular formula is C36H49FN6O4. The minimum atomic E-state index is -0.477. The maximum atomic E-state index is 15.1. The third kappa shape index (κ3) is 9.32. The SMILES string of the molecule is COc1cccc(CN(C(=O)OC2C(C)CCCC2C)c2ccnc(Nc3ccc(OCCN4CCN(C(C)C)CC4)c(F)c3)n2)c1. The highest BCUT2D eigenvalue weighted by Gasteiger charge is 2.33. The van der Waals surface area contributed by atoms with Crippen LogP contribution in [-0.4, -0.2) is 84.4 Å². The molecule has 1 amide bonds. The van der Waals surface area contributed by atoms with E-state index in [0.29, 0.717) is 29.9 Å². The molecule has 2 aromatic carbocycles. The normalized spacial score (nSPS) is 20.5. The number of carbonyl (C=O) groups excluding carboxylic acids is 1.